The van der Waals surface area contributed by atoms with Gasteiger partial charge in [0.05, 0.1) is 0 Å². The molecule has 6 nitrogen and oxygen atoms in total. The quantitative estimate of drug-likeness (QED) is 0.710. The molecular weight excluding hydrogens is 266 g/mol. The van der Waals surface area contributed by atoms with Gasteiger partial charge in [0.25, 0.3) is 0 Å². The van der Waals surface area contributed by atoms with E-state index in [1.54, 1.807) is 12.1 Å². The summed E-state index contributed by atoms with van der Waals surface area (Å²) in [5.41, 5.74) is 1.56. The highest BCUT2D eigenvalue weighted by molar-refractivity contribution is 5.89. The van der Waals surface area contributed by atoms with Crippen molar-refractivity contribution in [2.24, 2.45) is 0 Å². The van der Waals surface area contributed by atoms with Crippen LogP contribution in [0.1, 0.15) is 6.92 Å². The molecule has 0 unspecified atom stereocenters. The predicted molar refractivity (Wildman–Crippen MR) is 84.7 cm³/mol. The van der Waals surface area contributed by atoms with Gasteiger partial charge >= 0.3 is 0 Å². The Balaban J connectivity index is 2.10. The molecule has 2 rings (SSSR count). The Morgan fingerprint density at radius 1 is 1.24 bits per heavy atom. The van der Waals surface area contributed by atoms with E-state index >= 15 is 0 Å². The van der Waals surface area contributed by atoms with Crippen LogP contribution in [-0.4, -0.2) is 22.4 Å². The normalized spacial score (nSPS) is 9.76. The van der Waals surface area contributed by atoms with Gasteiger partial charge in [0.15, 0.2) is 0 Å². The lowest BCUT2D eigenvalue weighted by Crippen LogP contribution is -2.06. The van der Waals surface area contributed by atoms with Crippen molar-refractivity contribution in [3.63, 3.8) is 0 Å². The van der Waals surface area contributed by atoms with E-state index in [1.165, 1.54) is 13.3 Å². The van der Waals surface area contributed by atoms with Gasteiger partial charge in [0.2, 0.25) is 5.91 Å². The predicted octanol–water partition coefficient (Wildman–Crippen LogP) is 2.78. The molecule has 0 bridgehead atoms. The number of hydrogen-bond donors (Lipinski definition) is 3. The highest BCUT2D eigenvalue weighted by Gasteiger charge is 2.01. The van der Waals surface area contributed by atoms with E-state index in [9.17, 15) is 4.79 Å². The van der Waals surface area contributed by atoms with E-state index in [0.29, 0.717) is 18.2 Å². The number of benzene rings is 1. The standard InChI is InChI=1S/C15H17N5O/c1-3-7-16-14-9-15(18-10-17-14)20-13-6-4-5-12(8-13)19-11(2)21/h3-6,8-10H,1,7H2,2H3,(H,19,21)(H2,16,17,18,20). The first-order chi connectivity index (χ1) is 10.2. The summed E-state index contributed by atoms with van der Waals surface area (Å²) in [6.07, 6.45) is 3.23. The third-order valence-corrected chi connectivity index (χ3v) is 2.55. The van der Waals surface area contributed by atoms with E-state index in [1.807, 2.05) is 24.3 Å². The third kappa shape index (κ3) is 4.61. The molecule has 0 aliphatic heterocycles. The molecule has 0 aliphatic carbocycles. The van der Waals surface area contributed by atoms with Crippen molar-refractivity contribution in [3.8, 4) is 0 Å². The number of hydrogen-bond acceptors (Lipinski definition) is 5. The Hall–Kier alpha value is -2.89. The zero-order valence-electron chi connectivity index (χ0n) is 11.8. The van der Waals surface area contributed by atoms with Gasteiger partial charge in [-0.05, 0) is 18.2 Å². The van der Waals surface area contributed by atoms with Gasteiger partial charge in [-0.15, -0.1) is 6.58 Å². The Bertz CT molecular complexity index is 641. The highest BCUT2D eigenvalue weighted by Crippen LogP contribution is 2.19. The van der Waals surface area contributed by atoms with Gasteiger partial charge in [-0.1, -0.05) is 12.1 Å². The molecule has 0 spiro atoms. The monoisotopic (exact) mass is 283 g/mol. The van der Waals surface area contributed by atoms with Gasteiger partial charge in [-0.25, -0.2) is 9.97 Å². The molecule has 21 heavy (non-hydrogen) atoms. The minimum absolute atomic E-state index is 0.106. The topological polar surface area (TPSA) is 78.9 Å². The Kier molecular flexibility index (Phi) is 4.87. The lowest BCUT2D eigenvalue weighted by Gasteiger charge is -2.09. The lowest BCUT2D eigenvalue weighted by atomic mass is 10.2. The van der Waals surface area contributed by atoms with Crippen LogP contribution in [0.5, 0.6) is 0 Å². The largest absolute Gasteiger partial charge is 0.366 e. The van der Waals surface area contributed by atoms with Gasteiger partial charge in [0, 0.05) is 30.9 Å². The molecule has 6 heteroatoms. The second-order valence-corrected chi connectivity index (χ2v) is 4.35. The highest BCUT2D eigenvalue weighted by atomic mass is 16.1. The number of carbonyl (C=O) groups excluding carboxylic acids is 1. The average molecular weight is 283 g/mol. The first-order valence-electron chi connectivity index (χ1n) is 6.49. The summed E-state index contributed by atoms with van der Waals surface area (Å²) >= 11 is 0. The summed E-state index contributed by atoms with van der Waals surface area (Å²) in [6.45, 7) is 5.75. The SMILES string of the molecule is C=CCNc1cc(Nc2cccc(NC(C)=O)c2)ncn1. The zero-order valence-corrected chi connectivity index (χ0v) is 11.8. The molecule has 1 aromatic carbocycles. The van der Waals surface area contributed by atoms with Crippen molar-refractivity contribution in [3.05, 3.63) is 49.3 Å². The van der Waals surface area contributed by atoms with E-state index in [0.717, 1.165) is 11.4 Å². The number of amides is 1. The summed E-state index contributed by atoms with van der Waals surface area (Å²) in [5, 5.41) is 8.99. The maximum atomic E-state index is 11.1. The summed E-state index contributed by atoms with van der Waals surface area (Å²) in [4.78, 5) is 19.3. The number of aromatic nitrogens is 2. The second-order valence-electron chi connectivity index (χ2n) is 4.35. The molecule has 1 heterocycles. The van der Waals surface area contributed by atoms with E-state index < -0.39 is 0 Å². The van der Waals surface area contributed by atoms with Gasteiger partial charge in [-0.3, -0.25) is 4.79 Å². The van der Waals surface area contributed by atoms with Crippen LogP contribution in [0.3, 0.4) is 0 Å². The zero-order chi connectivity index (χ0) is 15.1. The molecule has 108 valence electrons. The van der Waals surface area contributed by atoms with Crippen molar-refractivity contribution in [2.45, 2.75) is 6.92 Å². The Morgan fingerprint density at radius 3 is 2.76 bits per heavy atom. The molecule has 1 amide bonds. The number of anilines is 4. The van der Waals surface area contributed by atoms with Crippen LogP contribution >= 0.6 is 0 Å². The van der Waals surface area contributed by atoms with Crippen molar-refractivity contribution < 1.29 is 4.79 Å². The number of rotatable bonds is 6. The summed E-state index contributed by atoms with van der Waals surface area (Å²) < 4.78 is 0. The molecule has 1 aromatic heterocycles. The molecule has 0 aliphatic rings. The molecule has 0 saturated heterocycles. The van der Waals surface area contributed by atoms with Crippen LogP contribution in [0.2, 0.25) is 0 Å². The van der Waals surface area contributed by atoms with Crippen molar-refractivity contribution >= 4 is 28.9 Å². The van der Waals surface area contributed by atoms with Crippen LogP contribution < -0.4 is 16.0 Å². The molecular formula is C15H17N5O. The number of nitrogens with one attached hydrogen (secondary N) is 3. The van der Waals surface area contributed by atoms with Gasteiger partial charge in [-0.2, -0.15) is 0 Å². The van der Waals surface area contributed by atoms with E-state index in [4.69, 9.17) is 0 Å². The fourth-order valence-electron chi connectivity index (χ4n) is 1.72. The third-order valence-electron chi connectivity index (χ3n) is 2.55. The summed E-state index contributed by atoms with van der Waals surface area (Å²) in [6, 6.07) is 9.20. The smallest absolute Gasteiger partial charge is 0.221 e. The molecule has 3 N–H and O–H groups in total. The molecule has 0 radical (unpaired) electrons. The Labute approximate surface area is 123 Å². The number of carbonyl (C=O) groups is 1. The molecule has 2 aromatic rings. The van der Waals surface area contributed by atoms with Crippen LogP contribution in [0, 0.1) is 0 Å². The maximum Gasteiger partial charge on any atom is 0.221 e. The first-order valence-corrected chi connectivity index (χ1v) is 6.49. The van der Waals surface area contributed by atoms with Crippen molar-refractivity contribution in [1.82, 2.24) is 9.97 Å². The fraction of sp³-hybridized carbons (Fsp3) is 0.133. The van der Waals surface area contributed by atoms with Crippen molar-refractivity contribution in [1.29, 1.82) is 0 Å². The lowest BCUT2D eigenvalue weighted by molar-refractivity contribution is -0.114. The fourth-order valence-corrected chi connectivity index (χ4v) is 1.72. The summed E-state index contributed by atoms with van der Waals surface area (Å²) in [5.74, 6) is 1.27. The van der Waals surface area contributed by atoms with E-state index in [2.05, 4.69) is 32.5 Å². The average Bonchev–Trinajstić information content (AvgIpc) is 2.45. The molecule has 0 saturated carbocycles. The van der Waals surface area contributed by atoms with E-state index in [-0.39, 0.29) is 5.91 Å². The molecule has 0 atom stereocenters. The second kappa shape index (κ2) is 7.04. The summed E-state index contributed by atoms with van der Waals surface area (Å²) in [7, 11) is 0. The number of nitrogens with zero attached hydrogens (tertiary/aromatic N) is 2. The van der Waals surface area contributed by atoms with Crippen LogP contribution in [0.15, 0.2) is 49.3 Å². The minimum atomic E-state index is -0.106. The van der Waals surface area contributed by atoms with Gasteiger partial charge in [0.1, 0.15) is 18.0 Å². The Morgan fingerprint density at radius 2 is 2.00 bits per heavy atom. The minimum Gasteiger partial charge on any atom is -0.366 e. The van der Waals surface area contributed by atoms with Crippen LogP contribution in [0.25, 0.3) is 0 Å². The van der Waals surface area contributed by atoms with Crippen LogP contribution in [0.4, 0.5) is 23.0 Å². The first kappa shape index (κ1) is 14.5. The van der Waals surface area contributed by atoms with Gasteiger partial charge < -0.3 is 16.0 Å². The maximum absolute atomic E-state index is 11.1. The van der Waals surface area contributed by atoms with Crippen LogP contribution in [-0.2, 0) is 4.79 Å². The molecule has 0 fully saturated rings. The van der Waals surface area contributed by atoms with Crippen molar-refractivity contribution in [2.75, 3.05) is 22.5 Å².